The molecule has 146 valence electrons. The van der Waals surface area contributed by atoms with Crippen LogP contribution in [-0.2, 0) is 23.5 Å². The van der Waals surface area contributed by atoms with E-state index in [-0.39, 0.29) is 28.6 Å². The Kier molecular flexibility index (Phi) is 9.04. The Morgan fingerprint density at radius 3 is 1.52 bits per heavy atom. The molecule has 4 rings (SSSR count). The normalized spacial score (nSPS) is 9.83. The monoisotopic (exact) mass is 422 g/mol. The van der Waals surface area contributed by atoms with Crippen LogP contribution in [0.25, 0.3) is 0 Å². The molecule has 0 aromatic heterocycles. The third kappa shape index (κ3) is 6.53. The first-order valence-electron chi connectivity index (χ1n) is 9.31. The average molecular weight is 422 g/mol. The molecule has 0 N–H and O–H groups in total. The quantitative estimate of drug-likeness (QED) is 0.172. The van der Waals surface area contributed by atoms with E-state index in [2.05, 4.69) is 0 Å². The van der Waals surface area contributed by atoms with Crippen LogP contribution in [0.4, 0.5) is 0 Å². The number of benzene rings is 2. The number of ketones is 2. The summed E-state index contributed by atoms with van der Waals surface area (Å²) in [6.45, 7) is 0. The minimum absolute atomic E-state index is 0. The Morgan fingerprint density at radius 2 is 1.14 bits per heavy atom. The molecule has 0 saturated carbocycles. The zero-order valence-electron chi connectivity index (χ0n) is 15.9. The van der Waals surface area contributed by atoms with Crippen molar-refractivity contribution in [2.75, 3.05) is 0 Å². The molecular weight excluding hydrogens is 400 g/mol. The minimum Gasteiger partial charge on any atom is -0.293 e. The molecule has 0 spiro atoms. The summed E-state index contributed by atoms with van der Waals surface area (Å²) in [6.07, 6.45) is 0.425. The summed E-state index contributed by atoms with van der Waals surface area (Å²) >= 11 is 0. The van der Waals surface area contributed by atoms with Gasteiger partial charge in [-0.2, -0.15) is 35.9 Å². The van der Waals surface area contributed by atoms with Gasteiger partial charge in [-0.15, -0.1) is 0 Å². The zero-order valence-corrected chi connectivity index (χ0v) is 17.0. The van der Waals surface area contributed by atoms with Crippen LogP contribution in [0, 0.1) is 5.92 Å². The van der Waals surface area contributed by atoms with Gasteiger partial charge in [0.1, 0.15) is 0 Å². The van der Waals surface area contributed by atoms with Crippen molar-refractivity contribution in [3.63, 3.8) is 0 Å². The Morgan fingerprint density at radius 1 is 0.690 bits per heavy atom. The predicted octanol–water partition coefficient (Wildman–Crippen LogP) is 5.73. The van der Waals surface area contributed by atoms with Gasteiger partial charge in [0.05, 0.1) is 5.92 Å². The van der Waals surface area contributed by atoms with Crippen molar-refractivity contribution in [2.45, 2.75) is 6.42 Å². The van der Waals surface area contributed by atoms with Gasteiger partial charge in [-0.25, -0.2) is 24.3 Å². The second-order valence-electron chi connectivity index (χ2n) is 6.47. The molecule has 2 nitrogen and oxygen atoms in total. The molecule has 0 heterocycles. The summed E-state index contributed by atoms with van der Waals surface area (Å²) in [4.78, 5) is 25.7. The predicted molar refractivity (Wildman–Crippen MR) is 113 cm³/mol. The van der Waals surface area contributed by atoms with Crippen LogP contribution < -0.4 is 0 Å². The molecule has 0 bridgehead atoms. The number of carbonyl (C=O) groups is 2. The molecule has 3 heteroatoms. The van der Waals surface area contributed by atoms with Crippen molar-refractivity contribution in [2.24, 2.45) is 5.92 Å². The van der Waals surface area contributed by atoms with Crippen molar-refractivity contribution in [3.05, 3.63) is 132 Å². The van der Waals surface area contributed by atoms with E-state index in [1.807, 2.05) is 91.0 Å². The van der Waals surface area contributed by atoms with E-state index in [4.69, 9.17) is 0 Å². The maximum Gasteiger partial charge on any atom is 2.00 e. The number of carbonyl (C=O) groups excluding carboxylic acids is 2. The Labute approximate surface area is 182 Å². The molecular formula is C26H22FeO2. The van der Waals surface area contributed by atoms with Crippen LogP contribution in [-0.4, -0.2) is 11.6 Å². The van der Waals surface area contributed by atoms with Gasteiger partial charge in [-0.3, -0.25) is 9.59 Å². The summed E-state index contributed by atoms with van der Waals surface area (Å²) in [5.41, 5.74) is 2.16. The van der Waals surface area contributed by atoms with Crippen LogP contribution in [0.15, 0.2) is 115 Å². The largest absolute Gasteiger partial charge is 2.00 e. The minimum atomic E-state index is -0.692. The molecule has 0 radical (unpaired) electrons. The molecule has 4 aromatic rings. The van der Waals surface area contributed by atoms with Crippen LogP contribution in [0.2, 0.25) is 0 Å². The molecule has 0 fully saturated rings. The van der Waals surface area contributed by atoms with Crippen molar-refractivity contribution < 1.29 is 26.7 Å². The average Bonchev–Trinajstić information content (AvgIpc) is 3.49. The standard InChI is InChI=1S/C21H17O2.C5H5.Fe/c22-20(17-11-3-1-4-12-17)19(15-16-9-7-8-10-16)21(23)18-13-5-2-6-14-18;1-2-4-5-3-1;/h1-14,19H,15H2;1-5H;/q2*-1;+2. The van der Waals surface area contributed by atoms with Crippen molar-refractivity contribution in [1.82, 2.24) is 0 Å². The summed E-state index contributed by atoms with van der Waals surface area (Å²) in [6, 6.07) is 35.8. The molecule has 0 unspecified atom stereocenters. The number of hydrogen-bond acceptors (Lipinski definition) is 2. The molecule has 4 aromatic carbocycles. The molecule has 29 heavy (non-hydrogen) atoms. The van der Waals surface area contributed by atoms with Gasteiger partial charge in [-0.1, -0.05) is 67.1 Å². The maximum absolute atomic E-state index is 12.9. The van der Waals surface area contributed by atoms with E-state index < -0.39 is 5.92 Å². The fraction of sp³-hybridized carbons (Fsp3) is 0.0769. The molecule has 0 atom stereocenters. The Hall–Kier alpha value is -3.00. The molecule has 0 aliphatic carbocycles. The van der Waals surface area contributed by atoms with Crippen molar-refractivity contribution in [1.29, 1.82) is 0 Å². The van der Waals surface area contributed by atoms with Crippen LogP contribution >= 0.6 is 0 Å². The second-order valence-corrected chi connectivity index (χ2v) is 6.47. The topological polar surface area (TPSA) is 34.1 Å². The van der Waals surface area contributed by atoms with Gasteiger partial charge in [0, 0.05) is 11.1 Å². The van der Waals surface area contributed by atoms with Gasteiger partial charge in [0.2, 0.25) is 0 Å². The number of Topliss-reactive ketones (excluding diaryl/α,β-unsaturated/α-hetero) is 2. The van der Waals surface area contributed by atoms with Crippen molar-refractivity contribution in [3.8, 4) is 0 Å². The van der Waals surface area contributed by atoms with Crippen molar-refractivity contribution >= 4 is 11.6 Å². The summed E-state index contributed by atoms with van der Waals surface area (Å²) < 4.78 is 0. The third-order valence-corrected chi connectivity index (χ3v) is 4.48. The zero-order chi connectivity index (χ0) is 19.6. The Balaban J connectivity index is 0.000000437. The van der Waals surface area contributed by atoms with Crippen LogP contribution in [0.1, 0.15) is 26.3 Å². The van der Waals surface area contributed by atoms with Gasteiger partial charge < -0.3 is 0 Å². The molecule has 0 aliphatic heterocycles. The van der Waals surface area contributed by atoms with Gasteiger partial charge in [0.25, 0.3) is 0 Å². The summed E-state index contributed by atoms with van der Waals surface area (Å²) in [7, 11) is 0. The van der Waals surface area contributed by atoms with E-state index in [1.54, 1.807) is 24.3 Å². The summed E-state index contributed by atoms with van der Waals surface area (Å²) in [5.74, 6) is -0.941. The third-order valence-electron chi connectivity index (χ3n) is 4.48. The first-order chi connectivity index (χ1) is 13.8. The first kappa shape index (κ1) is 22.3. The van der Waals surface area contributed by atoms with E-state index in [0.717, 1.165) is 5.56 Å². The Bertz CT molecular complexity index is 888. The smallest absolute Gasteiger partial charge is 0.293 e. The summed E-state index contributed by atoms with van der Waals surface area (Å²) in [5, 5.41) is 0. The fourth-order valence-corrected chi connectivity index (χ4v) is 3.02. The van der Waals surface area contributed by atoms with E-state index in [0.29, 0.717) is 17.5 Å². The fourth-order valence-electron chi connectivity index (χ4n) is 3.02. The molecule has 0 aliphatic rings. The second kappa shape index (κ2) is 11.8. The van der Waals surface area contributed by atoms with E-state index >= 15 is 0 Å². The van der Waals surface area contributed by atoms with E-state index in [1.165, 1.54) is 0 Å². The molecule has 0 saturated heterocycles. The van der Waals surface area contributed by atoms with E-state index in [9.17, 15) is 9.59 Å². The van der Waals surface area contributed by atoms with Gasteiger partial charge in [0.15, 0.2) is 11.6 Å². The van der Waals surface area contributed by atoms with Crippen LogP contribution in [0.3, 0.4) is 0 Å². The number of rotatable bonds is 6. The maximum atomic E-state index is 12.9. The first-order valence-corrected chi connectivity index (χ1v) is 9.31. The number of hydrogen-bond donors (Lipinski definition) is 0. The van der Waals surface area contributed by atoms with Crippen LogP contribution in [0.5, 0.6) is 0 Å². The van der Waals surface area contributed by atoms with Gasteiger partial charge >= 0.3 is 17.1 Å². The van der Waals surface area contributed by atoms with Gasteiger partial charge in [-0.05, 0) is 0 Å². The molecule has 0 amide bonds. The SMILES string of the molecule is O=C(c1ccccc1)C(C[c-]1cccc1)C(=O)c1ccccc1.[Fe+2].c1cc[cH-]c1.